The van der Waals surface area contributed by atoms with E-state index >= 15 is 0 Å². The lowest BCUT2D eigenvalue weighted by atomic mass is 10.3. The number of nitrogens with zero attached hydrogens (tertiary/aromatic N) is 4. The van der Waals surface area contributed by atoms with Crippen molar-refractivity contribution in [2.45, 2.75) is 33.2 Å². The van der Waals surface area contributed by atoms with Crippen LogP contribution in [0.25, 0.3) is 16.6 Å². The highest BCUT2D eigenvalue weighted by atomic mass is 16.3. The molecule has 0 aliphatic carbocycles. The zero-order valence-corrected chi connectivity index (χ0v) is 15.3. The summed E-state index contributed by atoms with van der Waals surface area (Å²) in [4.78, 5) is 26.9. The third-order valence-corrected chi connectivity index (χ3v) is 4.63. The van der Waals surface area contributed by atoms with Gasteiger partial charge in [-0.1, -0.05) is 13.8 Å². The van der Waals surface area contributed by atoms with Gasteiger partial charge < -0.3 is 14.6 Å². The van der Waals surface area contributed by atoms with Gasteiger partial charge in [0, 0.05) is 18.7 Å². The highest BCUT2D eigenvalue weighted by Crippen LogP contribution is 2.18. The van der Waals surface area contributed by atoms with Gasteiger partial charge in [0.25, 0.3) is 5.56 Å². The zero-order chi connectivity index (χ0) is 18.5. The zero-order valence-electron chi connectivity index (χ0n) is 15.3. The highest BCUT2D eigenvalue weighted by Gasteiger charge is 2.12. The molecule has 0 bridgehead atoms. The van der Waals surface area contributed by atoms with E-state index in [1.54, 1.807) is 22.8 Å². The third kappa shape index (κ3) is 3.80. The number of fused-ring (bicyclic) bond motifs is 3. The Hall–Kier alpha value is -2.61. The quantitative estimate of drug-likeness (QED) is 0.585. The lowest BCUT2D eigenvalue weighted by Gasteiger charge is -2.17. The van der Waals surface area contributed by atoms with Gasteiger partial charge in [-0.3, -0.25) is 14.0 Å². The molecule has 0 saturated heterocycles. The van der Waals surface area contributed by atoms with Gasteiger partial charge in [-0.05, 0) is 32.5 Å². The van der Waals surface area contributed by atoms with Crippen LogP contribution in [0.15, 0.2) is 33.9 Å². The van der Waals surface area contributed by atoms with Gasteiger partial charge in [-0.15, -0.1) is 0 Å². The van der Waals surface area contributed by atoms with E-state index in [9.17, 15) is 9.59 Å². The second-order valence-corrected chi connectivity index (χ2v) is 6.25. The van der Waals surface area contributed by atoms with Crippen LogP contribution in [-0.4, -0.2) is 51.2 Å². The molecule has 0 saturated carbocycles. The van der Waals surface area contributed by atoms with Gasteiger partial charge in [0.1, 0.15) is 18.4 Å². The lowest BCUT2D eigenvalue weighted by molar-refractivity contribution is -0.121. The molecule has 1 N–H and O–H groups in total. The van der Waals surface area contributed by atoms with Gasteiger partial charge in [0.2, 0.25) is 5.91 Å². The maximum absolute atomic E-state index is 12.5. The number of rotatable bonds is 9. The lowest BCUT2D eigenvalue weighted by Crippen LogP contribution is -2.34. The number of hydrogen-bond donors (Lipinski definition) is 1. The van der Waals surface area contributed by atoms with Crippen LogP contribution in [0.2, 0.25) is 0 Å². The van der Waals surface area contributed by atoms with E-state index in [2.05, 4.69) is 29.2 Å². The summed E-state index contributed by atoms with van der Waals surface area (Å²) in [5, 5.41) is 6.95. The molecule has 3 rings (SSSR count). The molecule has 3 aromatic rings. The molecule has 0 aliphatic heterocycles. The van der Waals surface area contributed by atoms with E-state index in [0.717, 1.165) is 38.0 Å². The third-order valence-electron chi connectivity index (χ3n) is 4.63. The second kappa shape index (κ2) is 8.18. The Labute approximate surface area is 151 Å². The van der Waals surface area contributed by atoms with E-state index < -0.39 is 0 Å². The first-order valence-corrected chi connectivity index (χ1v) is 9.07. The van der Waals surface area contributed by atoms with Crippen molar-refractivity contribution in [1.29, 1.82) is 0 Å². The molecule has 0 unspecified atom stereocenters. The fraction of sp³-hybridized carbons (Fsp3) is 0.500. The summed E-state index contributed by atoms with van der Waals surface area (Å²) in [5.74, 6) is -0.206. The van der Waals surface area contributed by atoms with Crippen molar-refractivity contribution in [3.63, 3.8) is 0 Å². The van der Waals surface area contributed by atoms with Crippen molar-refractivity contribution in [3.05, 3.63) is 35.1 Å². The minimum atomic E-state index is -0.310. The Kier molecular flexibility index (Phi) is 5.72. The summed E-state index contributed by atoms with van der Waals surface area (Å²) in [5.41, 5.74) is 1.55. The van der Waals surface area contributed by atoms with Crippen LogP contribution in [-0.2, 0) is 11.3 Å². The molecule has 26 heavy (non-hydrogen) atoms. The number of aromatic nitrogens is 3. The number of hydrogen-bond acceptors (Lipinski definition) is 5. The van der Waals surface area contributed by atoms with E-state index in [0.29, 0.717) is 17.6 Å². The highest BCUT2D eigenvalue weighted by molar-refractivity contribution is 5.82. The molecule has 8 nitrogen and oxygen atoms in total. The van der Waals surface area contributed by atoms with Gasteiger partial charge in [-0.25, -0.2) is 4.68 Å². The van der Waals surface area contributed by atoms with Crippen LogP contribution in [0.3, 0.4) is 0 Å². The van der Waals surface area contributed by atoms with Crippen molar-refractivity contribution in [3.8, 4) is 0 Å². The van der Waals surface area contributed by atoms with Gasteiger partial charge in [0.15, 0.2) is 5.58 Å². The fourth-order valence-electron chi connectivity index (χ4n) is 3.07. The average Bonchev–Trinajstić information content (AvgIpc) is 3.22. The molecule has 8 heteroatoms. The molecule has 3 heterocycles. The second-order valence-electron chi connectivity index (χ2n) is 6.25. The van der Waals surface area contributed by atoms with Crippen molar-refractivity contribution >= 4 is 22.5 Å². The maximum atomic E-state index is 12.5. The Bertz CT molecular complexity index is 935. The summed E-state index contributed by atoms with van der Waals surface area (Å²) < 4.78 is 8.16. The number of unbranched alkanes of at least 4 members (excludes halogenated alkanes) is 1. The van der Waals surface area contributed by atoms with Gasteiger partial charge >= 0.3 is 0 Å². The summed E-state index contributed by atoms with van der Waals surface area (Å²) >= 11 is 0. The van der Waals surface area contributed by atoms with Crippen molar-refractivity contribution in [1.82, 2.24) is 24.4 Å². The van der Waals surface area contributed by atoms with Crippen LogP contribution in [0.5, 0.6) is 0 Å². The topological polar surface area (TPSA) is 84.8 Å². The standard InChI is InChI=1S/C18H25N5O3/c1-3-21(4-2)9-6-5-8-19-17(24)12-23-18(25)15-11-16-14(7-10-26-16)22(15)13-20-23/h7,10-11,13H,3-6,8-9,12H2,1-2H3,(H,19,24). The average molecular weight is 359 g/mol. The van der Waals surface area contributed by atoms with Crippen LogP contribution >= 0.6 is 0 Å². The molecule has 0 radical (unpaired) electrons. The normalized spacial score (nSPS) is 11.7. The molecule has 1 amide bonds. The monoisotopic (exact) mass is 359 g/mol. The molecule has 0 atom stereocenters. The SMILES string of the molecule is CCN(CC)CCCCNC(=O)Cn1ncn2c(cc3occc32)c1=O. The molecule has 0 spiro atoms. The van der Waals surface area contributed by atoms with E-state index in [1.165, 1.54) is 11.0 Å². The van der Waals surface area contributed by atoms with Crippen molar-refractivity contribution in [2.75, 3.05) is 26.2 Å². The van der Waals surface area contributed by atoms with E-state index in [1.807, 2.05) is 0 Å². The number of carbonyl (C=O) groups excluding carboxylic acids is 1. The van der Waals surface area contributed by atoms with Gasteiger partial charge in [-0.2, -0.15) is 5.10 Å². The van der Waals surface area contributed by atoms with E-state index in [4.69, 9.17) is 4.42 Å². The molecule has 3 aromatic heterocycles. The van der Waals surface area contributed by atoms with Crippen molar-refractivity contribution < 1.29 is 9.21 Å². The molecule has 140 valence electrons. The molecule has 0 aromatic carbocycles. The van der Waals surface area contributed by atoms with Crippen LogP contribution in [0, 0.1) is 0 Å². The first-order chi connectivity index (χ1) is 12.6. The van der Waals surface area contributed by atoms with Crippen LogP contribution in [0.4, 0.5) is 0 Å². The Morgan fingerprint density at radius 1 is 1.27 bits per heavy atom. The number of furan rings is 1. The predicted octanol–water partition coefficient (Wildman–Crippen LogP) is 1.48. The van der Waals surface area contributed by atoms with Gasteiger partial charge in [0.05, 0.1) is 11.8 Å². The molecular formula is C18H25N5O3. The summed E-state index contributed by atoms with van der Waals surface area (Å²) in [6.45, 7) is 7.95. The predicted molar refractivity (Wildman–Crippen MR) is 99.3 cm³/mol. The Balaban J connectivity index is 1.54. The number of nitrogens with one attached hydrogen (secondary N) is 1. The maximum Gasteiger partial charge on any atom is 0.291 e. The largest absolute Gasteiger partial charge is 0.463 e. The first-order valence-electron chi connectivity index (χ1n) is 9.07. The first kappa shape index (κ1) is 18.2. The Morgan fingerprint density at radius 3 is 2.85 bits per heavy atom. The minimum absolute atomic E-state index is 0.0854. The minimum Gasteiger partial charge on any atom is -0.463 e. The van der Waals surface area contributed by atoms with Crippen LogP contribution in [0.1, 0.15) is 26.7 Å². The molecular weight excluding hydrogens is 334 g/mol. The summed E-state index contributed by atoms with van der Waals surface area (Å²) in [6, 6.07) is 3.44. The van der Waals surface area contributed by atoms with E-state index in [-0.39, 0.29) is 18.0 Å². The summed E-state index contributed by atoms with van der Waals surface area (Å²) in [6.07, 6.45) is 5.05. The van der Waals surface area contributed by atoms with Crippen LogP contribution < -0.4 is 10.9 Å². The Morgan fingerprint density at radius 2 is 2.08 bits per heavy atom. The smallest absolute Gasteiger partial charge is 0.291 e. The number of carbonyl (C=O) groups is 1. The summed E-state index contributed by atoms with van der Waals surface area (Å²) in [7, 11) is 0. The number of amides is 1. The fourth-order valence-corrected chi connectivity index (χ4v) is 3.07. The van der Waals surface area contributed by atoms with Crippen molar-refractivity contribution in [2.24, 2.45) is 0 Å². The molecule has 0 fully saturated rings. The molecule has 0 aliphatic rings.